The van der Waals surface area contributed by atoms with Crippen molar-refractivity contribution in [3.05, 3.63) is 29.8 Å². The molecule has 0 aromatic heterocycles. The molecule has 4 nitrogen and oxygen atoms in total. The van der Waals surface area contributed by atoms with Crippen LogP contribution in [0.1, 0.15) is 44.1 Å². The maximum atomic E-state index is 12.2. The van der Waals surface area contributed by atoms with Crippen LogP contribution < -0.4 is 10.1 Å². The maximum Gasteiger partial charge on any atom is 0.220 e. The largest absolute Gasteiger partial charge is 0.496 e. The van der Waals surface area contributed by atoms with E-state index in [2.05, 4.69) is 5.32 Å². The number of methoxy groups -OCH3 is 1. The lowest BCUT2D eigenvalue weighted by molar-refractivity contribution is -0.121. The predicted octanol–water partition coefficient (Wildman–Crippen LogP) is 2.85. The molecule has 1 amide bonds. The number of amides is 1. The fourth-order valence-corrected chi connectivity index (χ4v) is 3.76. The van der Waals surface area contributed by atoms with Gasteiger partial charge in [0.05, 0.1) is 25.4 Å². The second-order valence-electron chi connectivity index (χ2n) is 6.48. The summed E-state index contributed by atoms with van der Waals surface area (Å²) in [7, 11) is 1.66. The Labute approximate surface area is 132 Å². The average molecular weight is 303 g/mol. The minimum absolute atomic E-state index is 0.0700. The smallest absolute Gasteiger partial charge is 0.220 e. The SMILES string of the molecule is COc1ccccc1CCC(=O)NC1COC2(CCCC2)C1. The Bertz CT molecular complexity index is 523. The van der Waals surface area contributed by atoms with Gasteiger partial charge in [-0.1, -0.05) is 31.0 Å². The van der Waals surface area contributed by atoms with Crippen molar-refractivity contribution < 1.29 is 14.3 Å². The van der Waals surface area contributed by atoms with Crippen molar-refractivity contribution in [3.63, 3.8) is 0 Å². The molecular weight excluding hydrogens is 278 g/mol. The topological polar surface area (TPSA) is 47.6 Å². The average Bonchev–Trinajstić information content (AvgIpc) is 3.16. The van der Waals surface area contributed by atoms with Gasteiger partial charge in [0.15, 0.2) is 0 Å². The third-order valence-corrected chi connectivity index (χ3v) is 4.90. The minimum atomic E-state index is 0.0700. The molecule has 4 heteroatoms. The highest BCUT2D eigenvalue weighted by Gasteiger charge is 2.42. The van der Waals surface area contributed by atoms with E-state index in [9.17, 15) is 4.79 Å². The summed E-state index contributed by atoms with van der Waals surface area (Å²) in [6.45, 7) is 0.667. The second kappa shape index (κ2) is 6.69. The molecule has 1 saturated carbocycles. The first-order valence-electron chi connectivity index (χ1n) is 8.26. The molecule has 1 heterocycles. The first-order chi connectivity index (χ1) is 10.7. The molecule has 0 radical (unpaired) electrons. The van der Waals surface area contributed by atoms with Crippen molar-refractivity contribution in [2.24, 2.45) is 0 Å². The summed E-state index contributed by atoms with van der Waals surface area (Å²) >= 11 is 0. The first-order valence-corrected chi connectivity index (χ1v) is 8.26. The highest BCUT2D eigenvalue weighted by molar-refractivity contribution is 5.76. The van der Waals surface area contributed by atoms with E-state index in [1.807, 2.05) is 24.3 Å². The summed E-state index contributed by atoms with van der Waals surface area (Å²) in [5.74, 6) is 0.957. The van der Waals surface area contributed by atoms with Gasteiger partial charge in [0.1, 0.15) is 5.75 Å². The van der Waals surface area contributed by atoms with E-state index >= 15 is 0 Å². The fraction of sp³-hybridized carbons (Fsp3) is 0.611. The highest BCUT2D eigenvalue weighted by Crippen LogP contribution is 2.40. The van der Waals surface area contributed by atoms with Gasteiger partial charge in [0, 0.05) is 6.42 Å². The van der Waals surface area contributed by atoms with Gasteiger partial charge < -0.3 is 14.8 Å². The normalized spacial score (nSPS) is 22.9. The number of ether oxygens (including phenoxy) is 2. The van der Waals surface area contributed by atoms with Crippen LogP contribution in [0.2, 0.25) is 0 Å². The Balaban J connectivity index is 1.47. The molecule has 1 unspecified atom stereocenters. The van der Waals surface area contributed by atoms with Crippen molar-refractivity contribution in [1.82, 2.24) is 5.32 Å². The molecule has 1 N–H and O–H groups in total. The van der Waals surface area contributed by atoms with Gasteiger partial charge >= 0.3 is 0 Å². The predicted molar refractivity (Wildman–Crippen MR) is 85.0 cm³/mol. The van der Waals surface area contributed by atoms with Gasteiger partial charge in [-0.2, -0.15) is 0 Å². The van der Waals surface area contributed by atoms with E-state index in [1.165, 1.54) is 12.8 Å². The Hall–Kier alpha value is -1.55. The molecule has 0 bridgehead atoms. The Morgan fingerprint density at radius 1 is 1.36 bits per heavy atom. The van der Waals surface area contributed by atoms with E-state index in [1.54, 1.807) is 7.11 Å². The van der Waals surface area contributed by atoms with Gasteiger partial charge in [-0.15, -0.1) is 0 Å². The monoisotopic (exact) mass is 303 g/mol. The summed E-state index contributed by atoms with van der Waals surface area (Å²) in [6.07, 6.45) is 7.00. The molecule has 1 aromatic rings. The van der Waals surface area contributed by atoms with Crippen LogP contribution in [0.15, 0.2) is 24.3 Å². The molecule has 3 rings (SSSR count). The van der Waals surface area contributed by atoms with Crippen LogP contribution in [0.4, 0.5) is 0 Å². The third-order valence-electron chi connectivity index (χ3n) is 4.90. The van der Waals surface area contributed by atoms with Gasteiger partial charge in [0.25, 0.3) is 0 Å². The molecule has 1 spiro atoms. The summed E-state index contributed by atoms with van der Waals surface area (Å²) < 4.78 is 11.3. The Morgan fingerprint density at radius 3 is 2.91 bits per heavy atom. The van der Waals surface area contributed by atoms with Gasteiger partial charge in [0.2, 0.25) is 5.91 Å². The van der Waals surface area contributed by atoms with Crippen LogP contribution in [0.3, 0.4) is 0 Å². The second-order valence-corrected chi connectivity index (χ2v) is 6.48. The Kier molecular flexibility index (Phi) is 4.67. The number of rotatable bonds is 5. The van der Waals surface area contributed by atoms with Crippen LogP contribution in [0.5, 0.6) is 5.75 Å². The number of benzene rings is 1. The number of carbonyl (C=O) groups excluding carboxylic acids is 1. The number of para-hydroxylation sites is 1. The fourth-order valence-electron chi connectivity index (χ4n) is 3.76. The molecule has 120 valence electrons. The zero-order valence-corrected chi connectivity index (χ0v) is 13.3. The van der Waals surface area contributed by atoms with Crippen molar-refractivity contribution in [2.75, 3.05) is 13.7 Å². The summed E-state index contributed by atoms with van der Waals surface area (Å²) in [5, 5.41) is 3.13. The van der Waals surface area contributed by atoms with E-state index in [0.29, 0.717) is 19.4 Å². The van der Waals surface area contributed by atoms with Crippen LogP contribution in [-0.4, -0.2) is 31.3 Å². The molecule has 22 heavy (non-hydrogen) atoms. The molecule has 1 saturated heterocycles. The lowest BCUT2D eigenvalue weighted by Gasteiger charge is -2.21. The molecule has 2 aliphatic rings. The molecule has 1 atom stereocenters. The zero-order valence-electron chi connectivity index (χ0n) is 13.3. The standard InChI is InChI=1S/C18H25NO3/c1-21-16-7-3-2-6-14(16)8-9-17(20)19-15-12-18(22-13-15)10-4-5-11-18/h2-3,6-7,15H,4-5,8-13H2,1H3,(H,19,20). The van der Waals surface area contributed by atoms with Gasteiger partial charge in [-0.3, -0.25) is 4.79 Å². The van der Waals surface area contributed by atoms with Crippen LogP contribution >= 0.6 is 0 Å². The quantitative estimate of drug-likeness (QED) is 0.910. The van der Waals surface area contributed by atoms with Crippen molar-refractivity contribution in [3.8, 4) is 5.75 Å². The Morgan fingerprint density at radius 2 is 2.14 bits per heavy atom. The minimum Gasteiger partial charge on any atom is -0.496 e. The molecule has 1 aromatic carbocycles. The van der Waals surface area contributed by atoms with Crippen molar-refractivity contribution in [1.29, 1.82) is 0 Å². The van der Waals surface area contributed by atoms with E-state index in [-0.39, 0.29) is 17.6 Å². The highest BCUT2D eigenvalue weighted by atomic mass is 16.5. The van der Waals surface area contributed by atoms with E-state index in [4.69, 9.17) is 9.47 Å². The van der Waals surface area contributed by atoms with Crippen molar-refractivity contribution in [2.45, 2.75) is 56.6 Å². The number of carbonyl (C=O) groups is 1. The first kappa shape index (κ1) is 15.3. The number of nitrogens with one attached hydrogen (secondary N) is 1. The number of hydrogen-bond acceptors (Lipinski definition) is 3. The molecule has 1 aliphatic heterocycles. The van der Waals surface area contributed by atoms with Gasteiger partial charge in [-0.05, 0) is 37.3 Å². The van der Waals surface area contributed by atoms with Gasteiger partial charge in [-0.25, -0.2) is 0 Å². The van der Waals surface area contributed by atoms with Crippen LogP contribution in [0, 0.1) is 0 Å². The third kappa shape index (κ3) is 3.43. The molecule has 1 aliphatic carbocycles. The summed E-state index contributed by atoms with van der Waals surface area (Å²) in [4.78, 5) is 12.2. The zero-order chi connectivity index (χ0) is 15.4. The molecular formula is C18H25NO3. The summed E-state index contributed by atoms with van der Waals surface area (Å²) in [6, 6.07) is 8.05. The van der Waals surface area contributed by atoms with Crippen LogP contribution in [-0.2, 0) is 16.0 Å². The van der Waals surface area contributed by atoms with Crippen LogP contribution in [0.25, 0.3) is 0 Å². The van der Waals surface area contributed by atoms with E-state index in [0.717, 1.165) is 30.6 Å². The summed E-state index contributed by atoms with van der Waals surface area (Å²) in [5.41, 5.74) is 1.15. The van der Waals surface area contributed by atoms with E-state index < -0.39 is 0 Å². The molecule has 2 fully saturated rings. The van der Waals surface area contributed by atoms with Crippen molar-refractivity contribution >= 4 is 5.91 Å². The maximum absolute atomic E-state index is 12.2. The number of hydrogen-bond donors (Lipinski definition) is 1. The lowest BCUT2D eigenvalue weighted by Crippen LogP contribution is -2.36. The lowest BCUT2D eigenvalue weighted by atomic mass is 9.96. The number of aryl methyl sites for hydroxylation is 1.